The molecule has 2 aromatic carbocycles. The van der Waals surface area contributed by atoms with E-state index in [1.807, 2.05) is 0 Å². The number of methoxy groups -OCH3 is 1. The Morgan fingerprint density at radius 2 is 1.61 bits per heavy atom. The molecule has 11 atom stereocenters. The summed E-state index contributed by atoms with van der Waals surface area (Å²) in [6.45, 7) is 9.13. The highest BCUT2D eigenvalue weighted by Gasteiger charge is 2.79. The number of fused-ring (bicyclic) bond motifs is 5. The van der Waals surface area contributed by atoms with Gasteiger partial charge in [-0.15, -0.1) is 0 Å². The quantitative estimate of drug-likeness (QED) is 0.160. The Bertz CT molecular complexity index is 2100. The van der Waals surface area contributed by atoms with Gasteiger partial charge in [0.25, 0.3) is 0 Å². The number of carbonyl (C=O) groups excluding carboxylic acids is 6. The largest absolute Gasteiger partial charge is 0.456 e. The van der Waals surface area contributed by atoms with Gasteiger partial charge in [-0.05, 0) is 54.5 Å². The molecular weight excluding hydrogens is 825 g/mol. The van der Waals surface area contributed by atoms with Crippen LogP contribution in [-0.2, 0) is 42.8 Å². The molecule has 3 fully saturated rings. The summed E-state index contributed by atoms with van der Waals surface area (Å²) in [5.41, 5.74) is -6.48. The Morgan fingerprint density at radius 1 is 0.984 bits per heavy atom. The summed E-state index contributed by atoms with van der Waals surface area (Å²) in [7, 11) is 4.30. The van der Waals surface area contributed by atoms with Crippen LogP contribution in [0.2, 0.25) is 0 Å². The van der Waals surface area contributed by atoms with E-state index >= 15 is 4.79 Å². The second-order valence-electron chi connectivity index (χ2n) is 17.3. The van der Waals surface area contributed by atoms with Gasteiger partial charge in [-0.25, -0.2) is 19.2 Å². The van der Waals surface area contributed by atoms with E-state index in [2.05, 4.69) is 5.32 Å². The lowest BCUT2D eigenvalue weighted by Gasteiger charge is -2.67. The minimum atomic E-state index is -2.30. The molecule has 2 amide bonds. The summed E-state index contributed by atoms with van der Waals surface area (Å²) in [5.74, 6) is -4.57. The van der Waals surface area contributed by atoms with Crippen LogP contribution in [0.25, 0.3) is 0 Å². The first-order valence-electron chi connectivity index (χ1n) is 20.5. The lowest BCUT2D eigenvalue weighted by Crippen LogP contribution is -2.82. The molecule has 3 N–H and O–H groups in total. The molecule has 17 heteroatoms. The fourth-order valence-corrected chi connectivity index (χ4v) is 10.4. The first-order valence-corrected chi connectivity index (χ1v) is 21.5. The molecular formula is C45H56N2O14S. The molecule has 16 nitrogen and oxygen atoms in total. The Labute approximate surface area is 364 Å². The molecule has 1 saturated heterocycles. The number of hydrogen-bond acceptors (Lipinski definition) is 15. The standard InChI is InChI=1S/C45H56N2O14S/c1-10-62-41(54)59-29-21-30-44(23-57-30,61-25(3)48)35-37(60-38(51)27-19-15-12-16-20-27)45(55)22-28(24(2)31(42(45,4)5)34(56-9)36(50)43(29,35)6)58-39(52)33(49)32(46-40(53)47(7)8)26-17-13-11-14-18-26/h11-20,28-30,32-35,37,49,55H,10,21-23H2,1-9H3,(H,46,53)/t28-,29-,30+,32-,33+,34+,35-,37-,43+,44-,45+/m0/s1. The first kappa shape index (κ1) is 46.7. The molecule has 0 radical (unpaired) electrons. The Morgan fingerprint density at radius 3 is 2.16 bits per heavy atom. The zero-order valence-electron chi connectivity index (χ0n) is 36.4. The fourth-order valence-electron chi connectivity index (χ4n) is 9.99. The number of urea groups is 1. The van der Waals surface area contributed by atoms with Gasteiger partial charge in [-0.2, -0.15) is 0 Å². The average Bonchev–Trinajstić information content (AvgIpc) is 3.22. The third-order valence-corrected chi connectivity index (χ3v) is 13.9. The highest BCUT2D eigenvalue weighted by molar-refractivity contribution is 8.13. The first-order chi connectivity index (χ1) is 29.2. The fraction of sp³-hybridized carbons (Fsp3) is 0.556. The van der Waals surface area contributed by atoms with Gasteiger partial charge in [0, 0.05) is 52.1 Å². The molecule has 0 spiro atoms. The maximum atomic E-state index is 15.8. The Kier molecular flexibility index (Phi) is 13.4. The topological polar surface area (TPSA) is 214 Å². The van der Waals surface area contributed by atoms with Crippen LogP contribution >= 0.6 is 11.8 Å². The van der Waals surface area contributed by atoms with E-state index in [9.17, 15) is 34.2 Å². The van der Waals surface area contributed by atoms with E-state index in [0.29, 0.717) is 16.9 Å². The molecule has 0 unspecified atom stereocenters. The maximum Gasteiger partial charge on any atom is 0.367 e. The van der Waals surface area contributed by atoms with Crippen LogP contribution in [0.15, 0.2) is 71.8 Å². The highest BCUT2D eigenvalue weighted by atomic mass is 32.2. The van der Waals surface area contributed by atoms with Crippen molar-refractivity contribution in [3.63, 3.8) is 0 Å². The monoisotopic (exact) mass is 880 g/mol. The van der Waals surface area contributed by atoms with Gasteiger partial charge in [0.05, 0.1) is 29.5 Å². The number of carbonyl (C=O) groups is 6. The van der Waals surface area contributed by atoms with Crippen LogP contribution in [0.1, 0.15) is 76.3 Å². The summed E-state index contributed by atoms with van der Waals surface area (Å²) < 4.78 is 37.0. The number of aliphatic hydroxyl groups is 2. The Hall–Kier alpha value is -4.81. The van der Waals surface area contributed by atoms with Crippen molar-refractivity contribution in [3.05, 3.63) is 82.9 Å². The number of esters is 3. The third-order valence-electron chi connectivity index (χ3n) is 13.3. The van der Waals surface area contributed by atoms with Crippen molar-refractivity contribution in [3.8, 4) is 0 Å². The number of ether oxygens (including phenoxy) is 6. The number of Topliss-reactive ketones (excluding diaryl/α,β-unsaturated/α-hetero) is 1. The predicted octanol–water partition coefficient (Wildman–Crippen LogP) is 4.56. The van der Waals surface area contributed by atoms with Crippen molar-refractivity contribution in [2.24, 2.45) is 16.7 Å². The van der Waals surface area contributed by atoms with Crippen molar-refractivity contribution in [2.45, 2.75) is 108 Å². The molecule has 0 aromatic heterocycles. The van der Waals surface area contributed by atoms with Crippen LogP contribution in [0, 0.1) is 16.7 Å². The smallest absolute Gasteiger partial charge is 0.367 e. The van der Waals surface area contributed by atoms with Gasteiger partial charge in [0.15, 0.2) is 17.5 Å². The number of ketones is 1. The van der Waals surface area contributed by atoms with Crippen molar-refractivity contribution >= 4 is 46.8 Å². The number of aliphatic hydroxyl groups excluding tert-OH is 1. The Balaban J connectivity index is 1.57. The highest BCUT2D eigenvalue weighted by Crippen LogP contribution is 2.65. The third kappa shape index (κ3) is 7.90. The normalized spacial score (nSPS) is 31.9. The van der Waals surface area contributed by atoms with Crippen LogP contribution in [0.4, 0.5) is 9.59 Å². The molecule has 62 heavy (non-hydrogen) atoms. The number of amides is 2. The second kappa shape index (κ2) is 17.8. The van der Waals surface area contributed by atoms with Gasteiger partial charge >= 0.3 is 29.2 Å². The van der Waals surface area contributed by atoms with Crippen molar-refractivity contribution in [1.82, 2.24) is 10.2 Å². The van der Waals surface area contributed by atoms with Crippen LogP contribution in [-0.4, -0.2) is 132 Å². The maximum absolute atomic E-state index is 15.8. The van der Waals surface area contributed by atoms with E-state index in [-0.39, 0.29) is 24.2 Å². The predicted molar refractivity (Wildman–Crippen MR) is 224 cm³/mol. The van der Waals surface area contributed by atoms with E-state index < -0.39 is 112 Å². The van der Waals surface area contributed by atoms with Crippen molar-refractivity contribution in [2.75, 3.05) is 33.6 Å². The number of rotatable bonds is 11. The number of benzene rings is 2. The number of thioether (sulfide) groups is 1. The summed E-state index contributed by atoms with van der Waals surface area (Å²) in [4.78, 5) is 85.0. The molecule has 3 aliphatic carbocycles. The summed E-state index contributed by atoms with van der Waals surface area (Å²) in [6, 6.07) is 14.4. The van der Waals surface area contributed by atoms with E-state index in [1.54, 1.807) is 76.2 Å². The molecule has 1 aliphatic heterocycles. The molecule has 2 saturated carbocycles. The minimum absolute atomic E-state index is 0.0945. The molecule has 1 heterocycles. The summed E-state index contributed by atoms with van der Waals surface area (Å²) >= 11 is 0.880. The minimum Gasteiger partial charge on any atom is -0.456 e. The van der Waals surface area contributed by atoms with Gasteiger partial charge in [0.2, 0.25) is 0 Å². The van der Waals surface area contributed by atoms with E-state index in [0.717, 1.165) is 11.8 Å². The van der Waals surface area contributed by atoms with Gasteiger partial charge in [-0.1, -0.05) is 69.3 Å². The lowest BCUT2D eigenvalue weighted by molar-refractivity contribution is -0.345. The molecule has 2 aromatic rings. The van der Waals surface area contributed by atoms with Crippen LogP contribution in [0.5, 0.6) is 0 Å². The van der Waals surface area contributed by atoms with E-state index in [1.165, 1.54) is 52.1 Å². The van der Waals surface area contributed by atoms with Gasteiger partial charge in [0.1, 0.15) is 36.1 Å². The van der Waals surface area contributed by atoms with Gasteiger partial charge < -0.3 is 48.9 Å². The average molecular weight is 881 g/mol. The zero-order valence-corrected chi connectivity index (χ0v) is 37.2. The van der Waals surface area contributed by atoms with Crippen molar-refractivity contribution in [1.29, 1.82) is 0 Å². The number of nitrogens with zero attached hydrogens (tertiary/aromatic N) is 1. The SMILES string of the molecule is CCSC(=O)O[C@H]1C[C@H]2OC[C@@]2(OC(C)=O)[C@H]2[C@H](OC(=O)c3ccccc3)[C@]3(O)C[C@H](OC(=O)[C@H](O)[C@@H](NC(=O)N(C)C)c4ccccc4)C(C)=C([C@@H](OC)C(=O)[C@]12C)C3(C)C. The second-order valence-corrected chi connectivity index (χ2v) is 18.5. The number of hydrogen-bond donors (Lipinski definition) is 3. The molecule has 2 bridgehead atoms. The van der Waals surface area contributed by atoms with Crippen LogP contribution in [0.3, 0.4) is 0 Å². The molecule has 336 valence electrons. The van der Waals surface area contributed by atoms with Crippen molar-refractivity contribution < 1.29 is 67.4 Å². The zero-order chi connectivity index (χ0) is 45.5. The molecule has 4 aliphatic rings. The summed E-state index contributed by atoms with van der Waals surface area (Å²) in [6.07, 6.45) is -9.45. The molecule has 6 rings (SSSR count). The van der Waals surface area contributed by atoms with Crippen LogP contribution < -0.4 is 5.32 Å². The van der Waals surface area contributed by atoms with Gasteiger partial charge in [-0.3, -0.25) is 9.59 Å². The lowest BCUT2D eigenvalue weighted by atomic mass is 9.44. The number of nitrogens with one attached hydrogen (secondary N) is 1. The summed E-state index contributed by atoms with van der Waals surface area (Å²) in [5, 5.41) is 27.4. The van der Waals surface area contributed by atoms with E-state index in [4.69, 9.17) is 28.4 Å².